The number of rotatable bonds is 5. The molecule has 0 aliphatic carbocycles. The molecule has 96 valence electrons. The molecule has 0 radical (unpaired) electrons. The van der Waals surface area contributed by atoms with Crippen LogP contribution in [0.25, 0.3) is 0 Å². The summed E-state index contributed by atoms with van der Waals surface area (Å²) in [5.74, 6) is 0. The van der Waals surface area contributed by atoms with Gasteiger partial charge in [0.25, 0.3) is 0 Å². The number of allylic oxidation sites excluding steroid dienone is 1. The average Bonchev–Trinajstić information content (AvgIpc) is 2.28. The van der Waals surface area contributed by atoms with E-state index in [-0.39, 0.29) is 12.5 Å². The highest BCUT2D eigenvalue weighted by molar-refractivity contribution is 7.27. The Morgan fingerprint density at radius 2 is 2.22 bits per heavy atom. The SMILES string of the molecule is C=C(N)/C(=C\C(N)c1c(C)cccc1P)CC=O. The molecule has 1 aromatic rings. The van der Waals surface area contributed by atoms with E-state index < -0.39 is 0 Å². The molecule has 0 aromatic heterocycles. The van der Waals surface area contributed by atoms with Gasteiger partial charge in [-0.15, -0.1) is 9.24 Å². The van der Waals surface area contributed by atoms with Gasteiger partial charge in [-0.05, 0) is 28.9 Å². The summed E-state index contributed by atoms with van der Waals surface area (Å²) >= 11 is 0. The number of hydrogen-bond acceptors (Lipinski definition) is 3. The van der Waals surface area contributed by atoms with Crippen LogP contribution < -0.4 is 16.8 Å². The second kappa shape index (κ2) is 6.48. The third kappa shape index (κ3) is 3.52. The predicted octanol–water partition coefficient (Wildman–Crippen LogP) is 1.48. The Hall–Kier alpha value is -1.44. The maximum absolute atomic E-state index is 10.6. The first-order chi connectivity index (χ1) is 8.47. The summed E-state index contributed by atoms with van der Waals surface area (Å²) in [6, 6.07) is 5.67. The number of nitrogens with two attached hydrogens (primary N) is 2. The van der Waals surface area contributed by atoms with E-state index in [1.54, 1.807) is 6.08 Å². The molecule has 18 heavy (non-hydrogen) atoms. The normalized spacial score (nSPS) is 13.2. The summed E-state index contributed by atoms with van der Waals surface area (Å²) in [5, 5.41) is 1.05. The van der Waals surface area contributed by atoms with Crippen molar-refractivity contribution in [2.75, 3.05) is 0 Å². The van der Waals surface area contributed by atoms with Crippen LogP contribution in [0.15, 0.2) is 42.1 Å². The number of hydrogen-bond donors (Lipinski definition) is 2. The molecule has 0 spiro atoms. The second-order valence-electron chi connectivity index (χ2n) is 4.19. The Labute approximate surface area is 110 Å². The van der Waals surface area contributed by atoms with Crippen molar-refractivity contribution in [2.24, 2.45) is 11.5 Å². The molecule has 4 N–H and O–H groups in total. The highest BCUT2D eigenvalue weighted by Crippen LogP contribution is 2.20. The van der Waals surface area contributed by atoms with E-state index in [4.69, 9.17) is 11.5 Å². The van der Waals surface area contributed by atoms with Crippen LogP contribution >= 0.6 is 9.24 Å². The topological polar surface area (TPSA) is 69.1 Å². The van der Waals surface area contributed by atoms with Crippen LogP contribution in [0.3, 0.4) is 0 Å². The Morgan fingerprint density at radius 3 is 2.72 bits per heavy atom. The van der Waals surface area contributed by atoms with E-state index >= 15 is 0 Å². The zero-order valence-corrected chi connectivity index (χ0v) is 11.7. The fourth-order valence-electron chi connectivity index (χ4n) is 1.85. The molecule has 0 aliphatic rings. The zero-order valence-electron chi connectivity index (χ0n) is 10.5. The molecule has 4 heteroatoms. The van der Waals surface area contributed by atoms with Gasteiger partial charge < -0.3 is 16.3 Å². The van der Waals surface area contributed by atoms with Crippen LogP contribution in [0.2, 0.25) is 0 Å². The van der Waals surface area contributed by atoms with Crippen molar-refractivity contribution in [3.05, 3.63) is 53.3 Å². The fraction of sp³-hybridized carbons (Fsp3) is 0.214. The molecule has 0 amide bonds. The minimum absolute atomic E-state index is 0.237. The molecule has 2 atom stereocenters. The van der Waals surface area contributed by atoms with E-state index in [2.05, 4.69) is 15.8 Å². The first-order valence-corrected chi connectivity index (χ1v) is 6.24. The maximum Gasteiger partial charge on any atom is 0.124 e. The lowest BCUT2D eigenvalue weighted by atomic mass is 9.98. The van der Waals surface area contributed by atoms with Crippen LogP contribution in [0.4, 0.5) is 0 Å². The highest BCUT2D eigenvalue weighted by Gasteiger charge is 2.11. The number of benzene rings is 1. The third-order valence-electron chi connectivity index (χ3n) is 2.79. The lowest BCUT2D eigenvalue weighted by Gasteiger charge is -2.15. The predicted molar refractivity (Wildman–Crippen MR) is 79.5 cm³/mol. The molecule has 0 aliphatic heterocycles. The Kier molecular flexibility index (Phi) is 5.26. The largest absolute Gasteiger partial charge is 0.399 e. The van der Waals surface area contributed by atoms with Crippen molar-refractivity contribution in [1.82, 2.24) is 0 Å². The first-order valence-electron chi connectivity index (χ1n) is 5.67. The van der Waals surface area contributed by atoms with Gasteiger partial charge >= 0.3 is 0 Å². The lowest BCUT2D eigenvalue weighted by Crippen LogP contribution is -2.17. The molecule has 1 rings (SSSR count). The summed E-state index contributed by atoms with van der Waals surface area (Å²) in [7, 11) is 2.67. The monoisotopic (exact) mass is 262 g/mol. The van der Waals surface area contributed by atoms with Crippen molar-refractivity contribution < 1.29 is 4.79 Å². The van der Waals surface area contributed by atoms with Crippen LogP contribution in [0, 0.1) is 6.92 Å². The van der Waals surface area contributed by atoms with E-state index in [9.17, 15) is 4.79 Å². The Morgan fingerprint density at radius 1 is 1.56 bits per heavy atom. The maximum atomic E-state index is 10.6. The average molecular weight is 262 g/mol. The number of carbonyl (C=O) groups is 1. The molecule has 0 saturated carbocycles. The molecule has 3 nitrogen and oxygen atoms in total. The molecule has 1 aromatic carbocycles. The summed E-state index contributed by atoms with van der Waals surface area (Å²) in [6.07, 6.45) is 2.84. The second-order valence-corrected chi connectivity index (χ2v) is 4.81. The smallest absolute Gasteiger partial charge is 0.124 e. The Balaban J connectivity index is 3.13. The van der Waals surface area contributed by atoms with Crippen molar-refractivity contribution in [3.8, 4) is 0 Å². The van der Waals surface area contributed by atoms with Crippen LogP contribution in [0.5, 0.6) is 0 Å². The third-order valence-corrected chi connectivity index (χ3v) is 3.29. The van der Waals surface area contributed by atoms with E-state index in [1.807, 2.05) is 25.1 Å². The van der Waals surface area contributed by atoms with Gasteiger partial charge in [0.15, 0.2) is 0 Å². The first kappa shape index (κ1) is 14.6. The van der Waals surface area contributed by atoms with Gasteiger partial charge in [0.05, 0.1) is 0 Å². The van der Waals surface area contributed by atoms with Gasteiger partial charge in [0.2, 0.25) is 0 Å². The van der Waals surface area contributed by atoms with Crippen LogP contribution in [0.1, 0.15) is 23.6 Å². The Bertz CT molecular complexity index is 474. The van der Waals surface area contributed by atoms with Gasteiger partial charge in [-0.3, -0.25) is 0 Å². The summed E-state index contributed by atoms with van der Waals surface area (Å²) in [4.78, 5) is 10.6. The molecule has 0 saturated heterocycles. The number of carbonyl (C=O) groups excluding carboxylic acids is 1. The van der Waals surface area contributed by atoms with E-state index in [0.717, 1.165) is 22.7 Å². The number of aldehydes is 1. The summed E-state index contributed by atoms with van der Waals surface area (Å²) in [6.45, 7) is 5.66. The standard InChI is InChI=1S/C14H19N2OP/c1-9-4-3-5-13(18)14(9)12(16)8-11(6-7-17)10(2)15/h3-5,7-8,12H,2,6,15-16,18H2,1H3/b11-8-. The van der Waals surface area contributed by atoms with Crippen molar-refractivity contribution >= 4 is 20.8 Å². The van der Waals surface area contributed by atoms with E-state index in [0.29, 0.717) is 11.3 Å². The number of aryl methyl sites for hydroxylation is 1. The zero-order chi connectivity index (χ0) is 13.7. The fourth-order valence-corrected chi connectivity index (χ4v) is 2.39. The van der Waals surface area contributed by atoms with Gasteiger partial charge in [-0.2, -0.15) is 0 Å². The lowest BCUT2D eigenvalue weighted by molar-refractivity contribution is -0.107. The van der Waals surface area contributed by atoms with Gasteiger partial charge in [-0.1, -0.05) is 30.9 Å². The molecule has 2 unspecified atom stereocenters. The minimum Gasteiger partial charge on any atom is -0.399 e. The molecule has 0 heterocycles. The van der Waals surface area contributed by atoms with Crippen molar-refractivity contribution in [2.45, 2.75) is 19.4 Å². The molecule has 0 fully saturated rings. The van der Waals surface area contributed by atoms with Crippen molar-refractivity contribution in [3.63, 3.8) is 0 Å². The molecular weight excluding hydrogens is 243 g/mol. The highest BCUT2D eigenvalue weighted by atomic mass is 31.0. The summed E-state index contributed by atoms with van der Waals surface area (Å²) < 4.78 is 0. The van der Waals surface area contributed by atoms with Gasteiger partial charge in [0.1, 0.15) is 6.29 Å². The van der Waals surface area contributed by atoms with Crippen LogP contribution in [-0.2, 0) is 4.79 Å². The van der Waals surface area contributed by atoms with Gasteiger partial charge in [-0.25, -0.2) is 0 Å². The van der Waals surface area contributed by atoms with Crippen molar-refractivity contribution in [1.29, 1.82) is 0 Å². The minimum atomic E-state index is -0.297. The summed E-state index contributed by atoms with van der Waals surface area (Å²) in [5.41, 5.74) is 15.0. The van der Waals surface area contributed by atoms with Crippen LogP contribution in [-0.4, -0.2) is 6.29 Å². The quantitative estimate of drug-likeness (QED) is 0.480. The van der Waals surface area contributed by atoms with Gasteiger partial charge in [0, 0.05) is 18.2 Å². The molecular formula is C14H19N2OP. The van der Waals surface area contributed by atoms with E-state index in [1.165, 1.54) is 0 Å². The molecule has 0 bridgehead atoms.